The van der Waals surface area contributed by atoms with Gasteiger partial charge in [0.05, 0.1) is 32.3 Å². The Morgan fingerprint density at radius 2 is 1.73 bits per heavy atom. The van der Waals surface area contributed by atoms with Crippen molar-refractivity contribution in [3.63, 3.8) is 0 Å². The molecule has 134 valence electrons. The van der Waals surface area contributed by atoms with Crippen LogP contribution in [0.3, 0.4) is 0 Å². The molecule has 0 aromatic heterocycles. The van der Waals surface area contributed by atoms with Gasteiger partial charge >= 0.3 is 0 Å². The van der Waals surface area contributed by atoms with Crippen LogP contribution in [0.4, 0.5) is 0 Å². The van der Waals surface area contributed by atoms with Crippen LogP contribution in [0.25, 0.3) is 0 Å². The minimum Gasteiger partial charge on any atom is -0.497 e. The minimum atomic E-state index is -0.227. The van der Waals surface area contributed by atoms with Gasteiger partial charge in [-0.05, 0) is 42.2 Å². The number of hydrogen-bond acceptors (Lipinski definition) is 5. The van der Waals surface area contributed by atoms with E-state index in [2.05, 4.69) is 17.3 Å². The molecule has 3 aliphatic carbocycles. The van der Waals surface area contributed by atoms with Crippen molar-refractivity contribution in [3.8, 4) is 11.5 Å². The number of carbonyl (C=O) groups is 2. The van der Waals surface area contributed by atoms with E-state index in [4.69, 9.17) is 9.47 Å². The SMILES string of the molecule is COc1ccc(/C=N/N2C(=O)C3C(C2=O)C2C=CC3C23CC3)c(OC)c1. The molecule has 1 aromatic carbocycles. The van der Waals surface area contributed by atoms with Crippen molar-refractivity contribution in [2.24, 2.45) is 34.2 Å². The first-order valence-electron chi connectivity index (χ1n) is 8.93. The van der Waals surface area contributed by atoms with Gasteiger partial charge in [-0.25, -0.2) is 0 Å². The zero-order valence-corrected chi connectivity index (χ0v) is 14.7. The summed E-state index contributed by atoms with van der Waals surface area (Å²) in [6.07, 6.45) is 8.09. The van der Waals surface area contributed by atoms with Crippen LogP contribution < -0.4 is 9.47 Å². The highest BCUT2D eigenvalue weighted by molar-refractivity contribution is 6.07. The number of hydrazone groups is 1. The number of nitrogens with zero attached hydrogens (tertiary/aromatic N) is 2. The molecule has 4 atom stereocenters. The van der Waals surface area contributed by atoms with Crippen LogP contribution in [-0.4, -0.2) is 37.3 Å². The van der Waals surface area contributed by atoms with Crippen LogP contribution in [0.15, 0.2) is 35.5 Å². The molecule has 6 nitrogen and oxygen atoms in total. The third-order valence-corrected chi connectivity index (χ3v) is 6.58. The first-order chi connectivity index (χ1) is 12.6. The van der Waals surface area contributed by atoms with Crippen molar-refractivity contribution in [2.75, 3.05) is 14.2 Å². The third kappa shape index (κ3) is 1.84. The van der Waals surface area contributed by atoms with Crippen molar-refractivity contribution in [1.82, 2.24) is 5.01 Å². The van der Waals surface area contributed by atoms with Crippen LogP contribution in [0, 0.1) is 29.1 Å². The number of ether oxygens (including phenoxy) is 2. The maximum absolute atomic E-state index is 12.9. The van der Waals surface area contributed by atoms with E-state index < -0.39 is 0 Å². The standard InChI is InChI=1S/C20H20N2O4/c1-25-12-4-3-11(15(9-12)26-2)10-21-22-18(23)16-13-5-6-14(17(16)19(22)24)20(13)7-8-20/h3-6,9-10,13-14,16-17H,7-8H2,1-2H3/b21-10+. The molecule has 1 aromatic rings. The maximum atomic E-state index is 12.9. The molecular formula is C20H20N2O4. The highest BCUT2D eigenvalue weighted by atomic mass is 16.5. The van der Waals surface area contributed by atoms with Gasteiger partial charge in [-0.2, -0.15) is 10.1 Å². The largest absolute Gasteiger partial charge is 0.497 e. The van der Waals surface area contributed by atoms with Gasteiger partial charge in [-0.3, -0.25) is 9.59 Å². The van der Waals surface area contributed by atoms with Gasteiger partial charge in [-0.1, -0.05) is 12.2 Å². The second-order valence-electron chi connectivity index (χ2n) is 7.56. The molecule has 26 heavy (non-hydrogen) atoms. The maximum Gasteiger partial charge on any atom is 0.254 e. The van der Waals surface area contributed by atoms with Gasteiger partial charge < -0.3 is 9.47 Å². The Bertz CT molecular complexity index is 837. The molecular weight excluding hydrogens is 332 g/mol. The fourth-order valence-electron chi connectivity index (χ4n) is 5.22. The van der Waals surface area contributed by atoms with Crippen LogP contribution in [0.1, 0.15) is 18.4 Å². The number of amides is 2. The molecule has 2 bridgehead atoms. The summed E-state index contributed by atoms with van der Waals surface area (Å²) in [7, 11) is 3.14. The molecule has 1 spiro atoms. The molecule has 2 amide bonds. The fraction of sp³-hybridized carbons (Fsp3) is 0.450. The van der Waals surface area contributed by atoms with E-state index in [1.165, 1.54) is 6.21 Å². The summed E-state index contributed by atoms with van der Waals surface area (Å²) in [5, 5.41) is 5.30. The van der Waals surface area contributed by atoms with E-state index in [-0.39, 0.29) is 40.9 Å². The predicted octanol–water partition coefficient (Wildman–Crippen LogP) is 2.23. The summed E-state index contributed by atoms with van der Waals surface area (Å²) >= 11 is 0. The normalized spacial score (nSPS) is 32.8. The van der Waals surface area contributed by atoms with E-state index in [1.807, 2.05) is 0 Å². The van der Waals surface area contributed by atoms with Gasteiger partial charge in [-0.15, -0.1) is 0 Å². The predicted molar refractivity (Wildman–Crippen MR) is 93.8 cm³/mol. The molecule has 1 aliphatic heterocycles. The van der Waals surface area contributed by atoms with Crippen LogP contribution in [0.2, 0.25) is 0 Å². The summed E-state index contributed by atoms with van der Waals surface area (Å²) in [4.78, 5) is 25.8. The number of benzene rings is 1. The fourth-order valence-corrected chi connectivity index (χ4v) is 5.22. The summed E-state index contributed by atoms with van der Waals surface area (Å²) in [5.41, 5.74) is 0.890. The number of carbonyl (C=O) groups excluding carboxylic acids is 2. The van der Waals surface area contributed by atoms with Gasteiger partial charge in [0.1, 0.15) is 11.5 Å². The van der Waals surface area contributed by atoms with Crippen molar-refractivity contribution >= 4 is 18.0 Å². The number of hydrogen-bond donors (Lipinski definition) is 0. The lowest BCUT2D eigenvalue weighted by Gasteiger charge is -2.18. The number of methoxy groups -OCH3 is 2. The Hall–Kier alpha value is -2.63. The third-order valence-electron chi connectivity index (χ3n) is 6.58. The zero-order valence-electron chi connectivity index (χ0n) is 14.7. The monoisotopic (exact) mass is 352 g/mol. The highest BCUT2D eigenvalue weighted by Gasteiger charge is 2.73. The highest BCUT2D eigenvalue weighted by Crippen LogP contribution is 2.73. The first kappa shape index (κ1) is 15.6. The van der Waals surface area contributed by atoms with E-state index in [1.54, 1.807) is 32.4 Å². The summed E-state index contributed by atoms with van der Waals surface area (Å²) in [6, 6.07) is 5.31. The summed E-state index contributed by atoms with van der Waals surface area (Å²) in [6.45, 7) is 0. The molecule has 1 saturated heterocycles. The van der Waals surface area contributed by atoms with Crippen molar-refractivity contribution in [3.05, 3.63) is 35.9 Å². The summed E-state index contributed by atoms with van der Waals surface area (Å²) < 4.78 is 10.5. The number of allylic oxidation sites excluding steroid dienone is 2. The van der Waals surface area contributed by atoms with Gasteiger partial charge in [0.2, 0.25) is 0 Å². The lowest BCUT2D eigenvalue weighted by molar-refractivity contribution is -0.141. The average molecular weight is 352 g/mol. The smallest absolute Gasteiger partial charge is 0.254 e. The number of rotatable bonds is 4. The molecule has 2 saturated carbocycles. The van der Waals surface area contributed by atoms with Crippen molar-refractivity contribution in [1.29, 1.82) is 0 Å². The lowest BCUT2D eigenvalue weighted by atomic mass is 9.85. The Morgan fingerprint density at radius 3 is 2.27 bits per heavy atom. The first-order valence-corrected chi connectivity index (χ1v) is 8.93. The van der Waals surface area contributed by atoms with E-state index in [0.29, 0.717) is 17.1 Å². The molecule has 0 radical (unpaired) electrons. The summed E-state index contributed by atoms with van der Waals surface area (Å²) in [5.74, 6) is 0.892. The minimum absolute atomic E-state index is 0.160. The lowest BCUT2D eigenvalue weighted by Crippen LogP contribution is -2.30. The van der Waals surface area contributed by atoms with Crippen molar-refractivity contribution in [2.45, 2.75) is 12.8 Å². The van der Waals surface area contributed by atoms with Crippen LogP contribution in [0.5, 0.6) is 11.5 Å². The van der Waals surface area contributed by atoms with Gasteiger partial charge in [0.25, 0.3) is 11.8 Å². The molecule has 1 heterocycles. The quantitative estimate of drug-likeness (QED) is 0.473. The Morgan fingerprint density at radius 1 is 1.08 bits per heavy atom. The Labute approximate surface area is 151 Å². The Balaban J connectivity index is 1.42. The second kappa shape index (κ2) is 5.19. The molecule has 3 fully saturated rings. The Kier molecular flexibility index (Phi) is 3.12. The molecule has 4 unspecified atom stereocenters. The molecule has 6 heteroatoms. The topological polar surface area (TPSA) is 68.2 Å². The second-order valence-corrected chi connectivity index (χ2v) is 7.56. The van der Waals surface area contributed by atoms with E-state index in [0.717, 1.165) is 17.9 Å². The van der Waals surface area contributed by atoms with Gasteiger partial charge in [0.15, 0.2) is 0 Å². The van der Waals surface area contributed by atoms with Gasteiger partial charge in [0, 0.05) is 11.6 Å². The molecule has 0 N–H and O–H groups in total. The average Bonchev–Trinajstić information content (AvgIpc) is 3.26. The van der Waals surface area contributed by atoms with Crippen molar-refractivity contribution < 1.29 is 19.1 Å². The van der Waals surface area contributed by atoms with E-state index >= 15 is 0 Å². The van der Waals surface area contributed by atoms with Crippen LogP contribution in [-0.2, 0) is 9.59 Å². The molecule has 4 aliphatic rings. The number of imide groups is 1. The van der Waals surface area contributed by atoms with Crippen LogP contribution >= 0.6 is 0 Å². The molecule has 5 rings (SSSR count). The van der Waals surface area contributed by atoms with E-state index in [9.17, 15) is 9.59 Å². The zero-order chi connectivity index (χ0) is 18.1. The number of fused-ring (bicyclic) bond motifs is 3.